The fourth-order valence-electron chi connectivity index (χ4n) is 2.59. The third-order valence-electron chi connectivity index (χ3n) is 4.08. The number of amides is 1. The summed E-state index contributed by atoms with van der Waals surface area (Å²) in [5.41, 5.74) is 5.38. The number of hydrogen-bond acceptors (Lipinski definition) is 5. The lowest BCUT2D eigenvalue weighted by atomic mass is 10.1. The molecule has 1 amide bonds. The van der Waals surface area contributed by atoms with Gasteiger partial charge in [-0.1, -0.05) is 31.2 Å². The van der Waals surface area contributed by atoms with Crippen LogP contribution in [-0.2, 0) is 11.2 Å². The minimum Gasteiger partial charge on any atom is -0.484 e. The van der Waals surface area contributed by atoms with Crippen LogP contribution in [0.2, 0.25) is 0 Å². The third kappa shape index (κ3) is 4.82. The van der Waals surface area contributed by atoms with Gasteiger partial charge in [0.1, 0.15) is 11.3 Å². The standard InChI is InChI=1S/C21H20N2O4/c1-3-15-4-6-16(7-5-15)12-22-23-20(24)13-26-17-8-9-18-14(2)10-21(25)27-19(18)11-17/h4-12H,3,13H2,1-2H3,(H,23,24)/b22-12-. The molecule has 0 atom stereocenters. The van der Waals surface area contributed by atoms with E-state index in [1.807, 2.05) is 31.2 Å². The van der Waals surface area contributed by atoms with Crippen molar-refractivity contribution in [3.63, 3.8) is 0 Å². The number of nitrogens with one attached hydrogen (secondary N) is 1. The summed E-state index contributed by atoms with van der Waals surface area (Å²) in [4.78, 5) is 23.3. The number of nitrogens with zero attached hydrogens (tertiary/aromatic N) is 1. The lowest BCUT2D eigenvalue weighted by Gasteiger charge is -2.06. The van der Waals surface area contributed by atoms with Crippen molar-refractivity contribution in [2.45, 2.75) is 20.3 Å². The van der Waals surface area contributed by atoms with Gasteiger partial charge >= 0.3 is 5.63 Å². The van der Waals surface area contributed by atoms with E-state index in [1.165, 1.54) is 11.6 Å². The van der Waals surface area contributed by atoms with Crippen LogP contribution in [0.15, 0.2) is 62.8 Å². The first kappa shape index (κ1) is 18.4. The van der Waals surface area contributed by atoms with Crippen LogP contribution < -0.4 is 15.8 Å². The van der Waals surface area contributed by atoms with Crippen molar-refractivity contribution >= 4 is 23.1 Å². The summed E-state index contributed by atoms with van der Waals surface area (Å²) >= 11 is 0. The number of hydrazone groups is 1. The predicted molar refractivity (Wildman–Crippen MR) is 104 cm³/mol. The monoisotopic (exact) mass is 364 g/mol. The highest BCUT2D eigenvalue weighted by atomic mass is 16.5. The molecule has 1 heterocycles. The second kappa shape index (κ2) is 8.31. The van der Waals surface area contributed by atoms with Crippen molar-refractivity contribution in [2.75, 3.05) is 6.61 Å². The molecule has 3 rings (SSSR count). The molecule has 27 heavy (non-hydrogen) atoms. The quantitative estimate of drug-likeness (QED) is 0.414. The Morgan fingerprint density at radius 3 is 2.70 bits per heavy atom. The SMILES string of the molecule is CCc1ccc(/C=N\NC(=O)COc2ccc3c(C)cc(=O)oc3c2)cc1. The Morgan fingerprint density at radius 2 is 1.96 bits per heavy atom. The van der Waals surface area contributed by atoms with Crippen molar-refractivity contribution in [1.82, 2.24) is 5.43 Å². The van der Waals surface area contributed by atoms with Gasteiger partial charge in [0, 0.05) is 17.5 Å². The van der Waals surface area contributed by atoms with Crippen molar-refractivity contribution < 1.29 is 13.9 Å². The summed E-state index contributed by atoms with van der Waals surface area (Å²) in [5, 5.41) is 4.74. The summed E-state index contributed by atoms with van der Waals surface area (Å²) < 4.78 is 10.6. The number of carbonyl (C=O) groups is 1. The van der Waals surface area contributed by atoms with E-state index in [0.29, 0.717) is 11.3 Å². The van der Waals surface area contributed by atoms with Crippen LogP contribution in [-0.4, -0.2) is 18.7 Å². The lowest BCUT2D eigenvalue weighted by Crippen LogP contribution is -2.24. The number of benzene rings is 2. The van der Waals surface area contributed by atoms with Gasteiger partial charge in [0.25, 0.3) is 5.91 Å². The Morgan fingerprint density at radius 1 is 1.19 bits per heavy atom. The largest absolute Gasteiger partial charge is 0.484 e. The summed E-state index contributed by atoms with van der Waals surface area (Å²) in [6, 6.07) is 14.5. The van der Waals surface area contributed by atoms with E-state index >= 15 is 0 Å². The molecule has 1 N–H and O–H groups in total. The van der Waals surface area contributed by atoms with E-state index in [-0.39, 0.29) is 12.5 Å². The molecule has 6 heteroatoms. The van der Waals surface area contributed by atoms with E-state index in [0.717, 1.165) is 22.9 Å². The highest BCUT2D eigenvalue weighted by molar-refractivity contribution is 5.83. The Kier molecular flexibility index (Phi) is 5.66. The smallest absolute Gasteiger partial charge is 0.336 e. The Labute approximate surface area is 156 Å². The number of rotatable bonds is 6. The minimum atomic E-state index is -0.420. The maximum Gasteiger partial charge on any atom is 0.336 e. The molecule has 0 aliphatic rings. The van der Waals surface area contributed by atoms with Gasteiger partial charge in [0.2, 0.25) is 0 Å². The van der Waals surface area contributed by atoms with Crippen molar-refractivity contribution in [2.24, 2.45) is 5.10 Å². The Balaban J connectivity index is 1.56. The second-order valence-electron chi connectivity index (χ2n) is 6.08. The molecule has 0 saturated carbocycles. The first-order valence-electron chi connectivity index (χ1n) is 8.63. The van der Waals surface area contributed by atoms with Crippen LogP contribution in [0.5, 0.6) is 5.75 Å². The van der Waals surface area contributed by atoms with Gasteiger partial charge in [-0.05, 0) is 42.2 Å². The van der Waals surface area contributed by atoms with Crippen LogP contribution in [0, 0.1) is 6.92 Å². The average Bonchev–Trinajstić information content (AvgIpc) is 2.66. The molecule has 0 aliphatic heterocycles. The second-order valence-corrected chi connectivity index (χ2v) is 6.08. The molecular formula is C21H20N2O4. The molecular weight excluding hydrogens is 344 g/mol. The van der Waals surface area contributed by atoms with Crippen molar-refractivity contribution in [3.8, 4) is 5.75 Å². The highest BCUT2D eigenvalue weighted by Gasteiger charge is 2.06. The number of ether oxygens (including phenoxy) is 1. The normalized spacial score (nSPS) is 11.0. The van der Waals surface area contributed by atoms with Crippen LogP contribution in [0.25, 0.3) is 11.0 Å². The Bertz CT molecular complexity index is 1040. The number of hydrogen-bond donors (Lipinski definition) is 1. The lowest BCUT2D eigenvalue weighted by molar-refractivity contribution is -0.123. The van der Waals surface area contributed by atoms with E-state index in [9.17, 15) is 9.59 Å². The summed E-state index contributed by atoms with van der Waals surface area (Å²) in [5.74, 6) is 0.0488. The summed E-state index contributed by atoms with van der Waals surface area (Å²) in [6.07, 6.45) is 2.55. The van der Waals surface area contributed by atoms with Gasteiger partial charge in [0.15, 0.2) is 6.61 Å². The van der Waals surface area contributed by atoms with Crippen LogP contribution in [0.1, 0.15) is 23.6 Å². The first-order valence-corrected chi connectivity index (χ1v) is 8.63. The molecule has 0 radical (unpaired) electrons. The third-order valence-corrected chi connectivity index (χ3v) is 4.08. The van der Waals surface area contributed by atoms with Gasteiger partial charge in [-0.15, -0.1) is 0 Å². The van der Waals surface area contributed by atoms with Gasteiger partial charge in [0.05, 0.1) is 6.21 Å². The molecule has 0 bridgehead atoms. The molecule has 6 nitrogen and oxygen atoms in total. The molecule has 3 aromatic rings. The molecule has 0 saturated heterocycles. The Hall–Kier alpha value is -3.41. The number of aryl methyl sites for hydroxylation is 2. The van der Waals surface area contributed by atoms with E-state index in [4.69, 9.17) is 9.15 Å². The van der Waals surface area contributed by atoms with E-state index in [1.54, 1.807) is 24.4 Å². The highest BCUT2D eigenvalue weighted by Crippen LogP contribution is 2.22. The molecule has 0 fully saturated rings. The number of fused-ring (bicyclic) bond motifs is 1. The van der Waals surface area contributed by atoms with E-state index in [2.05, 4.69) is 17.5 Å². The predicted octanol–water partition coefficient (Wildman–Crippen LogP) is 3.19. The molecule has 2 aromatic carbocycles. The molecule has 0 spiro atoms. The van der Waals surface area contributed by atoms with Gasteiger partial charge < -0.3 is 9.15 Å². The molecule has 1 aromatic heterocycles. The van der Waals surface area contributed by atoms with Gasteiger partial charge in [-0.25, -0.2) is 10.2 Å². The first-order chi connectivity index (χ1) is 13.0. The molecule has 0 unspecified atom stereocenters. The average molecular weight is 364 g/mol. The van der Waals surface area contributed by atoms with Crippen molar-refractivity contribution in [1.29, 1.82) is 0 Å². The zero-order chi connectivity index (χ0) is 19.2. The van der Waals surface area contributed by atoms with E-state index < -0.39 is 5.63 Å². The van der Waals surface area contributed by atoms with Gasteiger partial charge in [-0.2, -0.15) is 5.10 Å². The minimum absolute atomic E-state index is 0.201. The fourth-order valence-corrected chi connectivity index (χ4v) is 2.59. The van der Waals surface area contributed by atoms with Crippen molar-refractivity contribution in [3.05, 3.63) is 75.6 Å². The maximum atomic E-state index is 11.9. The van der Waals surface area contributed by atoms with Gasteiger partial charge in [-0.3, -0.25) is 4.79 Å². The molecule has 138 valence electrons. The molecule has 0 aliphatic carbocycles. The van der Waals surface area contributed by atoms with Crippen LogP contribution in [0.4, 0.5) is 0 Å². The maximum absolute atomic E-state index is 11.9. The number of carbonyl (C=O) groups excluding carboxylic acids is 1. The fraction of sp³-hybridized carbons (Fsp3) is 0.190. The zero-order valence-electron chi connectivity index (χ0n) is 15.2. The summed E-state index contributed by atoms with van der Waals surface area (Å²) in [7, 11) is 0. The zero-order valence-corrected chi connectivity index (χ0v) is 15.2. The summed E-state index contributed by atoms with van der Waals surface area (Å²) in [6.45, 7) is 3.72. The topological polar surface area (TPSA) is 80.9 Å². The van der Waals surface area contributed by atoms with Crippen LogP contribution >= 0.6 is 0 Å². The van der Waals surface area contributed by atoms with Crippen LogP contribution in [0.3, 0.4) is 0 Å².